The highest BCUT2D eigenvalue weighted by Crippen LogP contribution is 2.27. The summed E-state index contributed by atoms with van der Waals surface area (Å²) in [5.41, 5.74) is -1.52. The van der Waals surface area contributed by atoms with Crippen molar-refractivity contribution in [1.29, 1.82) is 0 Å². The van der Waals surface area contributed by atoms with Crippen LogP contribution in [0, 0.1) is 0 Å². The molecule has 3 nitrogen and oxygen atoms in total. The average Bonchev–Trinajstić information content (AvgIpc) is 2.29. The number of carbonyl (C=O) groups excluding carboxylic acids is 1. The first kappa shape index (κ1) is 12.6. The van der Waals surface area contributed by atoms with Crippen LogP contribution in [-0.4, -0.2) is 23.9 Å². The van der Waals surface area contributed by atoms with Gasteiger partial charge in [-0.25, -0.2) is 9.18 Å². The maximum absolute atomic E-state index is 13.7. The van der Waals surface area contributed by atoms with E-state index in [0.717, 1.165) is 0 Å². The van der Waals surface area contributed by atoms with E-state index in [-0.39, 0.29) is 6.61 Å². The summed E-state index contributed by atoms with van der Waals surface area (Å²) in [4.78, 5) is 11.2. The van der Waals surface area contributed by atoms with Crippen LogP contribution >= 0.6 is 0 Å². The zero-order valence-corrected chi connectivity index (χ0v) is 9.31. The van der Waals surface area contributed by atoms with E-state index in [1.54, 1.807) is 37.3 Å². The average molecular weight is 226 g/mol. The molecule has 0 amide bonds. The molecule has 0 fully saturated rings. The van der Waals surface area contributed by atoms with E-state index < -0.39 is 17.7 Å². The van der Waals surface area contributed by atoms with Crippen molar-refractivity contribution in [1.82, 2.24) is 0 Å². The fourth-order valence-corrected chi connectivity index (χ4v) is 1.37. The molecule has 0 aromatic heterocycles. The van der Waals surface area contributed by atoms with Gasteiger partial charge in [-0.05, 0) is 19.4 Å². The summed E-state index contributed by atoms with van der Waals surface area (Å²) in [6.45, 7) is 2.93. The monoisotopic (exact) mass is 226 g/mol. The SMILES string of the molecule is CCOC(=O)[C@H](F)[C@@](C)(O)c1ccccc1. The number of halogens is 1. The van der Waals surface area contributed by atoms with Gasteiger partial charge in [0.1, 0.15) is 5.60 Å². The predicted molar refractivity (Wildman–Crippen MR) is 57.5 cm³/mol. The molecule has 0 saturated heterocycles. The van der Waals surface area contributed by atoms with E-state index in [1.807, 2.05) is 0 Å². The molecule has 1 aromatic carbocycles. The number of esters is 1. The molecule has 4 heteroatoms. The second kappa shape index (κ2) is 5.07. The van der Waals surface area contributed by atoms with Crippen LogP contribution in [0.3, 0.4) is 0 Å². The lowest BCUT2D eigenvalue weighted by Gasteiger charge is -2.26. The van der Waals surface area contributed by atoms with Crippen LogP contribution < -0.4 is 0 Å². The van der Waals surface area contributed by atoms with Gasteiger partial charge in [-0.3, -0.25) is 0 Å². The van der Waals surface area contributed by atoms with Crippen molar-refractivity contribution in [2.24, 2.45) is 0 Å². The van der Waals surface area contributed by atoms with E-state index in [2.05, 4.69) is 4.74 Å². The Morgan fingerprint density at radius 2 is 2.06 bits per heavy atom. The third-order valence-corrected chi connectivity index (χ3v) is 2.35. The predicted octanol–water partition coefficient (Wildman–Crippen LogP) is 1.80. The number of hydrogen-bond donors (Lipinski definition) is 1. The molecule has 1 rings (SSSR count). The highest BCUT2D eigenvalue weighted by Gasteiger charge is 2.40. The van der Waals surface area contributed by atoms with Gasteiger partial charge in [0, 0.05) is 0 Å². The maximum atomic E-state index is 13.7. The molecule has 0 aliphatic heterocycles. The summed E-state index contributed by atoms with van der Waals surface area (Å²) >= 11 is 0. The standard InChI is InChI=1S/C12H15FO3/c1-3-16-11(14)10(13)12(2,15)9-7-5-4-6-8-9/h4-8,10,15H,3H2,1-2H3/t10-,12-/m0/s1. The zero-order valence-electron chi connectivity index (χ0n) is 9.31. The number of hydrogen-bond acceptors (Lipinski definition) is 3. The van der Waals surface area contributed by atoms with Crippen molar-refractivity contribution in [3.05, 3.63) is 35.9 Å². The molecule has 2 atom stereocenters. The summed E-state index contributed by atoms with van der Waals surface area (Å²) in [6, 6.07) is 8.21. The lowest BCUT2D eigenvalue weighted by molar-refractivity contribution is -0.160. The molecule has 16 heavy (non-hydrogen) atoms. The Balaban J connectivity index is 2.89. The van der Waals surface area contributed by atoms with E-state index in [4.69, 9.17) is 0 Å². The first-order valence-corrected chi connectivity index (χ1v) is 5.08. The van der Waals surface area contributed by atoms with Crippen LogP contribution in [0.1, 0.15) is 19.4 Å². The molecule has 0 spiro atoms. The molecule has 0 radical (unpaired) electrons. The smallest absolute Gasteiger partial charge is 0.344 e. The molecular weight excluding hydrogens is 211 g/mol. The normalized spacial score (nSPS) is 16.2. The number of ether oxygens (including phenoxy) is 1. The van der Waals surface area contributed by atoms with E-state index >= 15 is 0 Å². The van der Waals surface area contributed by atoms with Crippen molar-refractivity contribution in [2.45, 2.75) is 25.6 Å². The second-order valence-electron chi connectivity index (χ2n) is 3.63. The lowest BCUT2D eigenvalue weighted by atomic mass is 9.91. The summed E-state index contributed by atoms with van der Waals surface area (Å²) < 4.78 is 18.3. The minimum Gasteiger partial charge on any atom is -0.464 e. The van der Waals surface area contributed by atoms with Crippen molar-refractivity contribution in [3.63, 3.8) is 0 Å². The molecule has 0 unspecified atom stereocenters. The van der Waals surface area contributed by atoms with Crippen LogP contribution in [0.5, 0.6) is 0 Å². The van der Waals surface area contributed by atoms with Crippen LogP contribution in [0.4, 0.5) is 4.39 Å². The van der Waals surface area contributed by atoms with Crippen molar-refractivity contribution in [2.75, 3.05) is 6.61 Å². The van der Waals surface area contributed by atoms with Crippen molar-refractivity contribution in [3.8, 4) is 0 Å². The molecule has 0 heterocycles. The largest absolute Gasteiger partial charge is 0.464 e. The summed E-state index contributed by atoms with van der Waals surface area (Å²) in [5, 5.41) is 9.98. The summed E-state index contributed by atoms with van der Waals surface area (Å²) in [7, 11) is 0. The molecule has 88 valence electrons. The van der Waals surface area contributed by atoms with E-state index in [9.17, 15) is 14.3 Å². The topological polar surface area (TPSA) is 46.5 Å². The molecule has 0 bridgehead atoms. The highest BCUT2D eigenvalue weighted by atomic mass is 19.1. The van der Waals surface area contributed by atoms with Gasteiger partial charge in [-0.2, -0.15) is 0 Å². The molecule has 1 N–H and O–H groups in total. The van der Waals surface area contributed by atoms with Gasteiger partial charge in [-0.15, -0.1) is 0 Å². The van der Waals surface area contributed by atoms with Crippen molar-refractivity contribution >= 4 is 5.97 Å². The maximum Gasteiger partial charge on any atom is 0.344 e. The molecule has 0 aliphatic rings. The van der Waals surface area contributed by atoms with Gasteiger partial charge in [0.15, 0.2) is 0 Å². The van der Waals surface area contributed by atoms with Gasteiger partial charge < -0.3 is 9.84 Å². The van der Waals surface area contributed by atoms with E-state index in [0.29, 0.717) is 5.56 Å². The van der Waals surface area contributed by atoms with Crippen LogP contribution in [0.15, 0.2) is 30.3 Å². The van der Waals surface area contributed by atoms with Gasteiger partial charge in [0.2, 0.25) is 6.17 Å². The molecular formula is C12H15FO3. The summed E-state index contributed by atoms with van der Waals surface area (Å²) in [5.74, 6) is -1.05. The second-order valence-corrected chi connectivity index (χ2v) is 3.63. The minimum absolute atomic E-state index is 0.0874. The Morgan fingerprint density at radius 3 is 2.56 bits per heavy atom. The molecule has 0 saturated carbocycles. The van der Waals surface area contributed by atoms with Crippen LogP contribution in [0.25, 0.3) is 0 Å². The Bertz CT molecular complexity index is 349. The number of aliphatic hydroxyl groups is 1. The van der Waals surface area contributed by atoms with Gasteiger partial charge in [0.25, 0.3) is 0 Å². The van der Waals surface area contributed by atoms with Crippen LogP contribution in [-0.2, 0) is 15.1 Å². The first-order valence-electron chi connectivity index (χ1n) is 5.08. The Hall–Kier alpha value is -1.42. The Morgan fingerprint density at radius 1 is 1.50 bits per heavy atom. The van der Waals surface area contributed by atoms with Gasteiger partial charge >= 0.3 is 5.97 Å². The fourth-order valence-electron chi connectivity index (χ4n) is 1.37. The number of alkyl halides is 1. The third kappa shape index (κ3) is 2.58. The lowest BCUT2D eigenvalue weighted by Crippen LogP contribution is -2.40. The fraction of sp³-hybridized carbons (Fsp3) is 0.417. The minimum atomic E-state index is -2.09. The number of rotatable bonds is 4. The quantitative estimate of drug-likeness (QED) is 0.796. The van der Waals surface area contributed by atoms with Gasteiger partial charge in [-0.1, -0.05) is 30.3 Å². The number of benzene rings is 1. The summed E-state index contributed by atoms with van der Waals surface area (Å²) in [6.07, 6.45) is -2.09. The highest BCUT2D eigenvalue weighted by molar-refractivity contribution is 5.76. The van der Waals surface area contributed by atoms with Crippen LogP contribution in [0.2, 0.25) is 0 Å². The molecule has 1 aromatic rings. The van der Waals surface area contributed by atoms with Crippen molar-refractivity contribution < 1.29 is 19.0 Å². The van der Waals surface area contributed by atoms with E-state index in [1.165, 1.54) is 6.92 Å². The zero-order chi connectivity index (χ0) is 12.2. The Labute approximate surface area is 93.9 Å². The third-order valence-electron chi connectivity index (χ3n) is 2.35. The molecule has 0 aliphatic carbocycles. The Kier molecular flexibility index (Phi) is 4.01. The number of carbonyl (C=O) groups is 1. The van der Waals surface area contributed by atoms with Gasteiger partial charge in [0.05, 0.1) is 6.61 Å². The first-order chi connectivity index (χ1) is 7.50.